The summed E-state index contributed by atoms with van der Waals surface area (Å²) in [5.41, 5.74) is 0. The van der Waals surface area contributed by atoms with Gasteiger partial charge in [-0.1, -0.05) is 0 Å². The van der Waals surface area contributed by atoms with Crippen molar-refractivity contribution >= 4 is 21.6 Å². The molecular formula is C13H21ClN4O2S. The maximum atomic E-state index is 12.6. The van der Waals surface area contributed by atoms with Crippen LogP contribution in [0.4, 0.5) is 0 Å². The summed E-state index contributed by atoms with van der Waals surface area (Å²) in [5, 5.41) is 4.11. The lowest BCUT2D eigenvalue weighted by Gasteiger charge is -2.33. The Morgan fingerprint density at radius 3 is 2.57 bits per heavy atom. The normalized spacial score (nSPS) is 21.8. The zero-order valence-corrected chi connectivity index (χ0v) is 13.6. The third kappa shape index (κ3) is 3.41. The molecule has 0 atom stereocenters. The van der Waals surface area contributed by atoms with E-state index in [1.165, 1.54) is 19.0 Å². The molecule has 1 aromatic rings. The van der Waals surface area contributed by atoms with Crippen molar-refractivity contribution in [2.45, 2.75) is 36.7 Å². The molecule has 2 heterocycles. The molecule has 1 saturated carbocycles. The summed E-state index contributed by atoms with van der Waals surface area (Å²) in [6.45, 7) is 3.47. The van der Waals surface area contributed by atoms with Crippen LogP contribution in [0.5, 0.6) is 0 Å². The van der Waals surface area contributed by atoms with Gasteiger partial charge in [0.2, 0.25) is 10.0 Å². The van der Waals surface area contributed by atoms with Gasteiger partial charge in [0.1, 0.15) is 4.90 Å². The number of alkyl halides is 1. The van der Waals surface area contributed by atoms with Crippen molar-refractivity contribution in [3.63, 3.8) is 0 Å². The van der Waals surface area contributed by atoms with Crippen molar-refractivity contribution < 1.29 is 8.42 Å². The van der Waals surface area contributed by atoms with E-state index in [0.717, 1.165) is 19.5 Å². The summed E-state index contributed by atoms with van der Waals surface area (Å²) in [7, 11) is -3.40. The lowest BCUT2D eigenvalue weighted by Crippen LogP contribution is -2.49. The number of hydrogen-bond acceptors (Lipinski definition) is 4. The van der Waals surface area contributed by atoms with Crippen LogP contribution >= 0.6 is 11.6 Å². The van der Waals surface area contributed by atoms with E-state index >= 15 is 0 Å². The molecule has 0 aromatic carbocycles. The Kier molecular flexibility index (Phi) is 4.54. The molecule has 8 heteroatoms. The first kappa shape index (κ1) is 15.3. The van der Waals surface area contributed by atoms with E-state index in [4.69, 9.17) is 11.6 Å². The second-order valence-corrected chi connectivity index (χ2v) is 7.97. The molecule has 3 rings (SSSR count). The number of sulfonamides is 1. The average Bonchev–Trinajstić information content (AvgIpc) is 3.23. The van der Waals surface area contributed by atoms with Crippen molar-refractivity contribution in [1.82, 2.24) is 19.0 Å². The fourth-order valence-electron chi connectivity index (χ4n) is 2.72. The molecule has 0 radical (unpaired) electrons. The van der Waals surface area contributed by atoms with Crippen LogP contribution in [0, 0.1) is 0 Å². The zero-order chi connectivity index (χ0) is 14.9. The third-order valence-corrected chi connectivity index (χ3v) is 6.22. The minimum atomic E-state index is -3.40. The van der Waals surface area contributed by atoms with Gasteiger partial charge in [0.15, 0.2) is 0 Å². The van der Waals surface area contributed by atoms with Gasteiger partial charge in [-0.05, 0) is 19.3 Å². The van der Waals surface area contributed by atoms with Gasteiger partial charge in [-0.3, -0.25) is 9.58 Å². The Bertz CT molecular complexity index is 577. The second kappa shape index (κ2) is 6.24. The highest BCUT2D eigenvalue weighted by atomic mass is 35.5. The molecule has 1 saturated heterocycles. The first-order chi connectivity index (χ1) is 10.1. The first-order valence-corrected chi connectivity index (χ1v) is 9.41. The van der Waals surface area contributed by atoms with Gasteiger partial charge in [0, 0.05) is 50.8 Å². The van der Waals surface area contributed by atoms with E-state index in [9.17, 15) is 8.42 Å². The smallest absolute Gasteiger partial charge is 0.246 e. The lowest BCUT2D eigenvalue weighted by atomic mass is 10.3. The van der Waals surface area contributed by atoms with E-state index in [2.05, 4.69) is 10.00 Å². The number of aromatic nitrogens is 2. The topological polar surface area (TPSA) is 58.4 Å². The molecule has 0 spiro atoms. The number of piperazine rings is 1. The number of halogens is 1. The maximum Gasteiger partial charge on any atom is 0.246 e. The largest absolute Gasteiger partial charge is 0.298 e. The van der Waals surface area contributed by atoms with Crippen molar-refractivity contribution in [2.24, 2.45) is 0 Å². The summed E-state index contributed by atoms with van der Waals surface area (Å²) >= 11 is 5.64. The standard InChI is InChI=1S/C13H21ClN4O2S/c14-4-1-5-17-11-13(10-15-17)21(19,20)18-8-6-16(7-9-18)12-2-3-12/h10-12H,1-9H2. The van der Waals surface area contributed by atoms with E-state index in [0.29, 0.717) is 31.6 Å². The van der Waals surface area contributed by atoms with Gasteiger partial charge >= 0.3 is 0 Å². The van der Waals surface area contributed by atoms with Gasteiger partial charge in [-0.25, -0.2) is 8.42 Å². The summed E-state index contributed by atoms with van der Waals surface area (Å²) in [6.07, 6.45) is 6.36. The average molecular weight is 333 g/mol. The van der Waals surface area contributed by atoms with Crippen LogP contribution in [-0.4, -0.2) is 65.5 Å². The van der Waals surface area contributed by atoms with E-state index in [-0.39, 0.29) is 4.90 Å². The van der Waals surface area contributed by atoms with Crippen molar-refractivity contribution in [3.8, 4) is 0 Å². The summed E-state index contributed by atoms with van der Waals surface area (Å²) in [5.74, 6) is 0.547. The fraction of sp³-hybridized carbons (Fsp3) is 0.769. The number of hydrogen-bond donors (Lipinski definition) is 0. The van der Waals surface area contributed by atoms with Crippen molar-refractivity contribution in [3.05, 3.63) is 12.4 Å². The zero-order valence-electron chi connectivity index (χ0n) is 12.0. The molecule has 0 N–H and O–H groups in total. The number of nitrogens with zero attached hydrogens (tertiary/aromatic N) is 4. The van der Waals surface area contributed by atoms with E-state index in [1.807, 2.05) is 0 Å². The Labute approximate surface area is 130 Å². The first-order valence-electron chi connectivity index (χ1n) is 7.44. The molecule has 0 amide bonds. The van der Waals surface area contributed by atoms with Crippen LogP contribution < -0.4 is 0 Å². The van der Waals surface area contributed by atoms with Crippen molar-refractivity contribution in [2.75, 3.05) is 32.1 Å². The Balaban J connectivity index is 1.64. The van der Waals surface area contributed by atoms with Crippen LogP contribution in [-0.2, 0) is 16.6 Å². The lowest BCUT2D eigenvalue weighted by molar-refractivity contribution is 0.180. The molecule has 0 unspecified atom stereocenters. The van der Waals surface area contributed by atoms with Crippen LogP contribution in [0.15, 0.2) is 17.3 Å². The SMILES string of the molecule is O=S(=O)(c1cnn(CCCCl)c1)N1CCN(C2CC2)CC1. The molecule has 118 valence electrons. The van der Waals surface area contributed by atoms with Crippen molar-refractivity contribution in [1.29, 1.82) is 0 Å². The van der Waals surface area contributed by atoms with Gasteiger partial charge in [-0.2, -0.15) is 9.40 Å². The summed E-state index contributed by atoms with van der Waals surface area (Å²) < 4.78 is 28.4. The number of rotatable bonds is 6. The van der Waals surface area contributed by atoms with E-state index in [1.54, 1.807) is 15.2 Å². The predicted molar refractivity (Wildman–Crippen MR) is 80.9 cm³/mol. The van der Waals surface area contributed by atoms with E-state index < -0.39 is 10.0 Å². The molecule has 1 aliphatic carbocycles. The molecule has 0 bridgehead atoms. The third-order valence-electron chi connectivity index (χ3n) is 4.10. The minimum Gasteiger partial charge on any atom is -0.298 e. The number of aryl methyl sites for hydroxylation is 1. The molecular weight excluding hydrogens is 312 g/mol. The summed E-state index contributed by atoms with van der Waals surface area (Å²) in [6, 6.07) is 0.702. The predicted octanol–water partition coefficient (Wildman–Crippen LogP) is 0.981. The van der Waals surface area contributed by atoms with Crippen LogP contribution in [0.3, 0.4) is 0 Å². The maximum absolute atomic E-state index is 12.6. The second-order valence-electron chi connectivity index (χ2n) is 5.65. The quantitative estimate of drug-likeness (QED) is 0.729. The summed E-state index contributed by atoms with van der Waals surface area (Å²) in [4.78, 5) is 2.69. The highest BCUT2D eigenvalue weighted by Gasteiger charge is 2.35. The molecule has 6 nitrogen and oxygen atoms in total. The van der Waals surface area contributed by atoms with Crippen LogP contribution in [0.2, 0.25) is 0 Å². The van der Waals surface area contributed by atoms with Gasteiger partial charge < -0.3 is 0 Å². The Morgan fingerprint density at radius 2 is 1.95 bits per heavy atom. The Hall–Kier alpha value is -0.630. The highest BCUT2D eigenvalue weighted by molar-refractivity contribution is 7.89. The minimum absolute atomic E-state index is 0.289. The van der Waals surface area contributed by atoms with Crippen LogP contribution in [0.1, 0.15) is 19.3 Å². The molecule has 2 fully saturated rings. The monoisotopic (exact) mass is 332 g/mol. The van der Waals surface area contributed by atoms with Crippen LogP contribution in [0.25, 0.3) is 0 Å². The Morgan fingerprint density at radius 1 is 1.24 bits per heavy atom. The van der Waals surface area contributed by atoms with Gasteiger partial charge in [0.05, 0.1) is 6.20 Å². The molecule has 1 aliphatic heterocycles. The molecule has 2 aliphatic rings. The molecule has 1 aromatic heterocycles. The van der Waals surface area contributed by atoms with Gasteiger partial charge in [-0.15, -0.1) is 11.6 Å². The van der Waals surface area contributed by atoms with Gasteiger partial charge in [0.25, 0.3) is 0 Å². The molecule has 21 heavy (non-hydrogen) atoms. The fourth-order valence-corrected chi connectivity index (χ4v) is 4.22. The highest BCUT2D eigenvalue weighted by Crippen LogP contribution is 2.28.